The van der Waals surface area contributed by atoms with Crippen molar-refractivity contribution in [3.8, 4) is 0 Å². The average Bonchev–Trinajstić information content (AvgIpc) is 2.00. The Morgan fingerprint density at radius 1 is 1.62 bits per heavy atom. The number of amides is 1. The molecule has 0 bridgehead atoms. The number of hydrogen-bond acceptors (Lipinski definition) is 3. The van der Waals surface area contributed by atoms with Crippen LogP contribution in [0, 0.1) is 0 Å². The van der Waals surface area contributed by atoms with E-state index in [-0.39, 0.29) is 11.4 Å². The molecular formula is C9H19N3O. The summed E-state index contributed by atoms with van der Waals surface area (Å²) in [4.78, 5) is 13.2. The highest BCUT2D eigenvalue weighted by Gasteiger charge is 2.18. The lowest BCUT2D eigenvalue weighted by Crippen LogP contribution is -2.49. The van der Waals surface area contributed by atoms with E-state index in [1.807, 2.05) is 13.8 Å². The molecule has 13 heavy (non-hydrogen) atoms. The zero-order chi connectivity index (χ0) is 9.90. The van der Waals surface area contributed by atoms with Crippen molar-refractivity contribution in [3.63, 3.8) is 0 Å². The van der Waals surface area contributed by atoms with E-state index in [1.165, 1.54) is 0 Å². The minimum Gasteiger partial charge on any atom is -0.354 e. The molecule has 1 amide bonds. The molecule has 0 aliphatic carbocycles. The fourth-order valence-corrected chi connectivity index (χ4v) is 1.33. The lowest BCUT2D eigenvalue weighted by molar-refractivity contribution is -0.124. The third kappa shape index (κ3) is 4.24. The summed E-state index contributed by atoms with van der Waals surface area (Å²) in [5.74, 6) is 0.126. The Balaban J connectivity index is 2.25. The maximum atomic E-state index is 11.0. The Morgan fingerprint density at radius 3 is 2.85 bits per heavy atom. The summed E-state index contributed by atoms with van der Waals surface area (Å²) in [6.07, 6.45) is 0.931. The van der Waals surface area contributed by atoms with E-state index in [1.54, 1.807) is 0 Å². The van der Waals surface area contributed by atoms with Crippen molar-refractivity contribution >= 4 is 5.91 Å². The molecule has 4 nitrogen and oxygen atoms in total. The van der Waals surface area contributed by atoms with Crippen molar-refractivity contribution in [2.75, 3.05) is 26.2 Å². The fourth-order valence-electron chi connectivity index (χ4n) is 1.33. The number of nitrogens with zero attached hydrogens (tertiary/aromatic N) is 1. The average molecular weight is 185 g/mol. The molecule has 0 radical (unpaired) electrons. The number of nitrogens with one attached hydrogen (secondary N) is 1. The van der Waals surface area contributed by atoms with Gasteiger partial charge in [-0.3, -0.25) is 9.69 Å². The number of nitrogens with two attached hydrogens (primary N) is 1. The molecule has 1 fully saturated rings. The van der Waals surface area contributed by atoms with Gasteiger partial charge in [0, 0.05) is 25.2 Å². The lowest BCUT2D eigenvalue weighted by atomic mass is 10.0. The number of hydrogen-bond donors (Lipinski definition) is 2. The summed E-state index contributed by atoms with van der Waals surface area (Å²) >= 11 is 0. The standard InChI is InChI=1S/C9H19N3O/c1-9(2,10)3-5-12-6-4-11-8(13)7-12/h3-7,10H2,1-2H3,(H,11,13). The van der Waals surface area contributed by atoms with Crippen LogP contribution in [0.3, 0.4) is 0 Å². The number of carbonyl (C=O) groups is 1. The van der Waals surface area contributed by atoms with E-state index < -0.39 is 0 Å². The van der Waals surface area contributed by atoms with Gasteiger partial charge in [-0.05, 0) is 20.3 Å². The lowest BCUT2D eigenvalue weighted by Gasteiger charge is -2.29. The van der Waals surface area contributed by atoms with Crippen molar-refractivity contribution in [1.29, 1.82) is 0 Å². The van der Waals surface area contributed by atoms with Crippen LogP contribution >= 0.6 is 0 Å². The van der Waals surface area contributed by atoms with Gasteiger partial charge in [-0.1, -0.05) is 0 Å². The molecule has 0 spiro atoms. The predicted molar refractivity (Wildman–Crippen MR) is 52.3 cm³/mol. The van der Waals surface area contributed by atoms with Crippen molar-refractivity contribution in [3.05, 3.63) is 0 Å². The Kier molecular flexibility index (Phi) is 3.27. The minimum atomic E-state index is -0.131. The maximum Gasteiger partial charge on any atom is 0.234 e. The fraction of sp³-hybridized carbons (Fsp3) is 0.889. The molecule has 3 N–H and O–H groups in total. The minimum absolute atomic E-state index is 0.126. The van der Waals surface area contributed by atoms with Crippen LogP contribution in [-0.2, 0) is 4.79 Å². The van der Waals surface area contributed by atoms with Gasteiger partial charge in [0.15, 0.2) is 0 Å². The molecule has 1 aliphatic heterocycles. The Hall–Kier alpha value is -0.610. The highest BCUT2D eigenvalue weighted by Crippen LogP contribution is 2.05. The zero-order valence-electron chi connectivity index (χ0n) is 8.47. The molecule has 0 atom stereocenters. The summed E-state index contributed by atoms with van der Waals surface area (Å²) in [5, 5.41) is 2.80. The third-order valence-corrected chi connectivity index (χ3v) is 2.19. The van der Waals surface area contributed by atoms with Crippen LogP contribution in [0.15, 0.2) is 0 Å². The molecule has 0 unspecified atom stereocenters. The second-order valence-corrected chi connectivity index (χ2v) is 4.36. The summed E-state index contributed by atoms with van der Waals surface area (Å²) < 4.78 is 0. The van der Waals surface area contributed by atoms with Crippen LogP contribution in [-0.4, -0.2) is 42.5 Å². The van der Waals surface area contributed by atoms with Crippen molar-refractivity contribution in [2.45, 2.75) is 25.8 Å². The van der Waals surface area contributed by atoms with Gasteiger partial charge in [0.05, 0.1) is 6.54 Å². The van der Waals surface area contributed by atoms with E-state index in [2.05, 4.69) is 10.2 Å². The molecule has 76 valence electrons. The van der Waals surface area contributed by atoms with E-state index in [4.69, 9.17) is 5.73 Å². The second-order valence-electron chi connectivity index (χ2n) is 4.36. The maximum absolute atomic E-state index is 11.0. The van der Waals surface area contributed by atoms with Crippen LogP contribution in [0.1, 0.15) is 20.3 Å². The Morgan fingerprint density at radius 2 is 2.31 bits per heavy atom. The van der Waals surface area contributed by atoms with Gasteiger partial charge in [0.1, 0.15) is 0 Å². The first kappa shape index (κ1) is 10.5. The van der Waals surface area contributed by atoms with Crippen LogP contribution in [0.4, 0.5) is 0 Å². The molecule has 0 saturated carbocycles. The molecule has 1 heterocycles. The molecule has 1 saturated heterocycles. The largest absolute Gasteiger partial charge is 0.354 e. The molecule has 0 aromatic carbocycles. The predicted octanol–water partition coefficient (Wildman–Crippen LogP) is -0.454. The van der Waals surface area contributed by atoms with Crippen molar-refractivity contribution in [1.82, 2.24) is 10.2 Å². The summed E-state index contributed by atoms with van der Waals surface area (Å²) in [6, 6.07) is 0. The summed E-state index contributed by atoms with van der Waals surface area (Å²) in [6.45, 7) is 7.17. The van der Waals surface area contributed by atoms with Crippen molar-refractivity contribution in [2.24, 2.45) is 5.73 Å². The second kappa shape index (κ2) is 4.07. The molecule has 0 aromatic rings. The normalized spacial score (nSPS) is 20.1. The molecule has 4 heteroatoms. The molecule has 0 aromatic heterocycles. The van der Waals surface area contributed by atoms with Gasteiger partial charge in [0.25, 0.3) is 0 Å². The van der Waals surface area contributed by atoms with Gasteiger partial charge < -0.3 is 11.1 Å². The summed E-state index contributed by atoms with van der Waals surface area (Å²) in [7, 11) is 0. The molecular weight excluding hydrogens is 166 g/mol. The number of piperazine rings is 1. The van der Waals surface area contributed by atoms with Gasteiger partial charge in [-0.2, -0.15) is 0 Å². The number of rotatable bonds is 3. The Bertz CT molecular complexity index is 186. The van der Waals surface area contributed by atoms with Crippen LogP contribution in [0.2, 0.25) is 0 Å². The van der Waals surface area contributed by atoms with Gasteiger partial charge in [0.2, 0.25) is 5.91 Å². The first-order chi connectivity index (χ1) is 5.97. The highest BCUT2D eigenvalue weighted by atomic mass is 16.2. The zero-order valence-corrected chi connectivity index (χ0v) is 8.47. The van der Waals surface area contributed by atoms with Gasteiger partial charge >= 0.3 is 0 Å². The molecule has 1 rings (SSSR count). The van der Waals surface area contributed by atoms with Gasteiger partial charge in [-0.25, -0.2) is 0 Å². The van der Waals surface area contributed by atoms with E-state index in [0.29, 0.717) is 6.54 Å². The monoisotopic (exact) mass is 185 g/mol. The van der Waals surface area contributed by atoms with Crippen LogP contribution in [0.5, 0.6) is 0 Å². The van der Waals surface area contributed by atoms with E-state index in [0.717, 1.165) is 26.1 Å². The van der Waals surface area contributed by atoms with Crippen LogP contribution in [0.25, 0.3) is 0 Å². The smallest absolute Gasteiger partial charge is 0.234 e. The van der Waals surface area contributed by atoms with Crippen LogP contribution < -0.4 is 11.1 Å². The van der Waals surface area contributed by atoms with Crippen molar-refractivity contribution < 1.29 is 4.79 Å². The quantitative estimate of drug-likeness (QED) is 0.626. The summed E-state index contributed by atoms with van der Waals surface area (Å²) in [5.41, 5.74) is 5.73. The molecule has 1 aliphatic rings. The van der Waals surface area contributed by atoms with Gasteiger partial charge in [-0.15, -0.1) is 0 Å². The third-order valence-electron chi connectivity index (χ3n) is 2.19. The highest BCUT2D eigenvalue weighted by molar-refractivity contribution is 5.78. The van der Waals surface area contributed by atoms with E-state index in [9.17, 15) is 4.79 Å². The number of carbonyl (C=O) groups excluding carboxylic acids is 1. The first-order valence-electron chi connectivity index (χ1n) is 4.75. The SMILES string of the molecule is CC(C)(N)CCN1CCNC(=O)C1. The van der Waals surface area contributed by atoms with E-state index >= 15 is 0 Å². The Labute approximate surface area is 79.5 Å². The topological polar surface area (TPSA) is 58.4 Å². The first-order valence-corrected chi connectivity index (χ1v) is 4.75.